The molecule has 1 aromatic carbocycles. The Balaban J connectivity index is 2.18. The standard InChI is InChI=1S/C19H24N2O5/c1-13(2)26-19(23)12-16(15-9-5-6-10-17(15)21(24)25)20-18(22)11-14-7-3-4-8-14/h3,5-7,9-10,13-14,16H,4,8,11-12H2,1-2H3,(H,20,22). The second kappa shape index (κ2) is 9.12. The summed E-state index contributed by atoms with van der Waals surface area (Å²) in [5.41, 5.74) is 0.171. The molecule has 1 amide bonds. The van der Waals surface area contributed by atoms with Gasteiger partial charge in [-0.3, -0.25) is 19.7 Å². The van der Waals surface area contributed by atoms with E-state index in [1.807, 2.05) is 12.2 Å². The van der Waals surface area contributed by atoms with E-state index in [9.17, 15) is 19.7 Å². The number of nitro benzene ring substituents is 1. The van der Waals surface area contributed by atoms with Gasteiger partial charge in [-0.2, -0.15) is 0 Å². The second-order valence-corrected chi connectivity index (χ2v) is 6.65. The predicted octanol–water partition coefficient (Wildman–Crippen LogP) is 3.45. The van der Waals surface area contributed by atoms with Crippen LogP contribution in [0.3, 0.4) is 0 Å². The van der Waals surface area contributed by atoms with Crippen molar-refractivity contribution in [3.8, 4) is 0 Å². The molecular formula is C19H24N2O5. The van der Waals surface area contributed by atoms with E-state index >= 15 is 0 Å². The van der Waals surface area contributed by atoms with Crippen LogP contribution in [0.5, 0.6) is 0 Å². The third kappa shape index (κ3) is 5.68. The van der Waals surface area contributed by atoms with E-state index in [1.165, 1.54) is 6.07 Å². The summed E-state index contributed by atoms with van der Waals surface area (Å²) in [5, 5.41) is 14.1. The summed E-state index contributed by atoms with van der Waals surface area (Å²) < 4.78 is 5.15. The Kier molecular flexibility index (Phi) is 6.89. The number of rotatable bonds is 8. The summed E-state index contributed by atoms with van der Waals surface area (Å²) in [6.07, 6.45) is 5.76. The monoisotopic (exact) mass is 360 g/mol. The number of carbonyl (C=O) groups excluding carboxylic acids is 2. The van der Waals surface area contributed by atoms with Gasteiger partial charge in [-0.05, 0) is 32.6 Å². The minimum atomic E-state index is -0.805. The van der Waals surface area contributed by atoms with Gasteiger partial charge in [-0.15, -0.1) is 0 Å². The molecule has 7 nitrogen and oxygen atoms in total. The van der Waals surface area contributed by atoms with Crippen molar-refractivity contribution in [3.63, 3.8) is 0 Å². The third-order valence-electron chi connectivity index (χ3n) is 4.14. The van der Waals surface area contributed by atoms with Crippen molar-refractivity contribution in [1.82, 2.24) is 5.32 Å². The van der Waals surface area contributed by atoms with Crippen LogP contribution < -0.4 is 5.32 Å². The first-order chi connectivity index (χ1) is 12.4. The maximum Gasteiger partial charge on any atom is 0.308 e. The molecule has 0 aliphatic heterocycles. The van der Waals surface area contributed by atoms with E-state index in [1.54, 1.807) is 32.0 Å². The summed E-state index contributed by atoms with van der Waals surface area (Å²) >= 11 is 0. The Labute approximate surface area is 152 Å². The normalized spacial score (nSPS) is 17.1. The molecule has 26 heavy (non-hydrogen) atoms. The number of esters is 1. The van der Waals surface area contributed by atoms with Gasteiger partial charge >= 0.3 is 5.97 Å². The lowest BCUT2D eigenvalue weighted by atomic mass is 10.00. The van der Waals surface area contributed by atoms with Gasteiger partial charge in [0.2, 0.25) is 5.91 Å². The molecule has 2 unspecified atom stereocenters. The SMILES string of the molecule is CC(C)OC(=O)CC(NC(=O)CC1C=CCC1)c1ccccc1[N+](=O)[O-]. The van der Waals surface area contributed by atoms with E-state index < -0.39 is 16.9 Å². The van der Waals surface area contributed by atoms with Crippen LogP contribution in [-0.4, -0.2) is 22.9 Å². The number of allylic oxidation sites excluding steroid dienone is 2. The molecule has 2 rings (SSSR count). The zero-order chi connectivity index (χ0) is 19.1. The minimum absolute atomic E-state index is 0.129. The van der Waals surface area contributed by atoms with Crippen LogP contribution in [0, 0.1) is 16.0 Å². The van der Waals surface area contributed by atoms with E-state index in [4.69, 9.17) is 4.74 Å². The first kappa shape index (κ1) is 19.6. The van der Waals surface area contributed by atoms with Gasteiger partial charge in [-0.25, -0.2) is 0 Å². The Bertz CT molecular complexity index is 699. The lowest BCUT2D eigenvalue weighted by Gasteiger charge is -2.20. The van der Waals surface area contributed by atoms with Crippen molar-refractivity contribution >= 4 is 17.6 Å². The third-order valence-corrected chi connectivity index (χ3v) is 4.14. The molecule has 1 aliphatic rings. The van der Waals surface area contributed by atoms with Crippen molar-refractivity contribution in [2.24, 2.45) is 5.92 Å². The highest BCUT2D eigenvalue weighted by Gasteiger charge is 2.27. The summed E-state index contributed by atoms with van der Waals surface area (Å²) in [6.45, 7) is 3.45. The highest BCUT2D eigenvalue weighted by Crippen LogP contribution is 2.28. The first-order valence-electron chi connectivity index (χ1n) is 8.75. The lowest BCUT2D eigenvalue weighted by Crippen LogP contribution is -2.32. The molecule has 0 saturated carbocycles. The van der Waals surface area contributed by atoms with Crippen molar-refractivity contribution in [1.29, 1.82) is 0 Å². The van der Waals surface area contributed by atoms with Crippen molar-refractivity contribution in [2.45, 2.75) is 51.7 Å². The molecule has 0 heterocycles. The molecule has 0 spiro atoms. The predicted molar refractivity (Wildman–Crippen MR) is 96.3 cm³/mol. The number of hydrogen-bond acceptors (Lipinski definition) is 5. The molecule has 1 aliphatic carbocycles. The molecule has 2 atom stereocenters. The molecule has 0 aromatic heterocycles. The number of nitro groups is 1. The zero-order valence-corrected chi connectivity index (χ0v) is 15.0. The average Bonchev–Trinajstić information content (AvgIpc) is 3.06. The summed E-state index contributed by atoms with van der Waals surface area (Å²) in [6, 6.07) is 5.31. The number of hydrogen-bond donors (Lipinski definition) is 1. The Hall–Kier alpha value is -2.70. The van der Waals surface area contributed by atoms with E-state index in [0.29, 0.717) is 12.0 Å². The number of nitrogens with zero attached hydrogens (tertiary/aromatic N) is 1. The van der Waals surface area contributed by atoms with Crippen LogP contribution in [0.2, 0.25) is 0 Å². The van der Waals surface area contributed by atoms with Crippen molar-refractivity contribution < 1.29 is 19.2 Å². The highest BCUT2D eigenvalue weighted by atomic mass is 16.6. The fourth-order valence-corrected chi connectivity index (χ4v) is 3.02. The molecule has 1 aromatic rings. The van der Waals surface area contributed by atoms with Gasteiger partial charge in [0.1, 0.15) is 0 Å². The first-order valence-corrected chi connectivity index (χ1v) is 8.75. The molecule has 0 bridgehead atoms. The fraction of sp³-hybridized carbons (Fsp3) is 0.474. The number of benzene rings is 1. The van der Waals surface area contributed by atoms with E-state index in [-0.39, 0.29) is 30.0 Å². The number of amides is 1. The van der Waals surface area contributed by atoms with Gasteiger partial charge in [0, 0.05) is 12.5 Å². The number of nitrogens with one attached hydrogen (secondary N) is 1. The molecule has 0 saturated heterocycles. The lowest BCUT2D eigenvalue weighted by molar-refractivity contribution is -0.385. The Morgan fingerprint density at radius 3 is 2.69 bits per heavy atom. The Morgan fingerprint density at radius 2 is 2.08 bits per heavy atom. The van der Waals surface area contributed by atoms with E-state index in [2.05, 4.69) is 5.32 Å². The van der Waals surface area contributed by atoms with Crippen LogP contribution in [0.1, 0.15) is 51.1 Å². The molecular weight excluding hydrogens is 336 g/mol. The largest absolute Gasteiger partial charge is 0.463 e. The minimum Gasteiger partial charge on any atom is -0.463 e. The smallest absolute Gasteiger partial charge is 0.308 e. The molecule has 1 N–H and O–H groups in total. The summed E-state index contributed by atoms with van der Waals surface area (Å²) in [4.78, 5) is 35.3. The van der Waals surface area contributed by atoms with Gasteiger partial charge in [0.05, 0.1) is 29.1 Å². The van der Waals surface area contributed by atoms with Crippen molar-refractivity contribution in [2.75, 3.05) is 0 Å². The average molecular weight is 360 g/mol. The summed E-state index contributed by atoms with van der Waals surface area (Å²) in [5.74, 6) is -0.574. The van der Waals surface area contributed by atoms with Crippen LogP contribution in [0.15, 0.2) is 36.4 Å². The van der Waals surface area contributed by atoms with Crippen LogP contribution in [-0.2, 0) is 14.3 Å². The number of carbonyl (C=O) groups is 2. The van der Waals surface area contributed by atoms with Crippen LogP contribution in [0.4, 0.5) is 5.69 Å². The molecule has 0 fully saturated rings. The van der Waals surface area contributed by atoms with Gasteiger partial charge in [0.25, 0.3) is 5.69 Å². The highest BCUT2D eigenvalue weighted by molar-refractivity contribution is 5.79. The maximum absolute atomic E-state index is 12.4. The second-order valence-electron chi connectivity index (χ2n) is 6.65. The quantitative estimate of drug-likeness (QED) is 0.331. The van der Waals surface area contributed by atoms with Crippen LogP contribution >= 0.6 is 0 Å². The fourth-order valence-electron chi connectivity index (χ4n) is 3.02. The molecule has 7 heteroatoms. The van der Waals surface area contributed by atoms with Crippen LogP contribution in [0.25, 0.3) is 0 Å². The number of ether oxygens (including phenoxy) is 1. The van der Waals surface area contributed by atoms with Gasteiger partial charge < -0.3 is 10.1 Å². The van der Waals surface area contributed by atoms with Gasteiger partial charge in [-0.1, -0.05) is 30.4 Å². The Morgan fingerprint density at radius 1 is 1.35 bits per heavy atom. The van der Waals surface area contributed by atoms with Crippen molar-refractivity contribution in [3.05, 3.63) is 52.1 Å². The number of para-hydroxylation sites is 1. The van der Waals surface area contributed by atoms with E-state index in [0.717, 1.165) is 12.8 Å². The molecule has 140 valence electrons. The zero-order valence-electron chi connectivity index (χ0n) is 15.0. The molecule has 0 radical (unpaired) electrons. The maximum atomic E-state index is 12.4. The summed E-state index contributed by atoms with van der Waals surface area (Å²) in [7, 11) is 0. The topological polar surface area (TPSA) is 98.5 Å². The van der Waals surface area contributed by atoms with Gasteiger partial charge in [0.15, 0.2) is 0 Å².